The fourth-order valence-electron chi connectivity index (χ4n) is 15.7. The van der Waals surface area contributed by atoms with Crippen molar-refractivity contribution >= 4 is 0 Å². The van der Waals surface area contributed by atoms with Crippen LogP contribution in [0.5, 0.6) is 0 Å². The van der Waals surface area contributed by atoms with Crippen molar-refractivity contribution in [2.75, 3.05) is 33.0 Å². The van der Waals surface area contributed by atoms with Gasteiger partial charge in [-0.2, -0.15) is 0 Å². The minimum atomic E-state index is -1.91. The van der Waals surface area contributed by atoms with Crippen molar-refractivity contribution in [2.24, 2.45) is 52.3 Å². The average Bonchev–Trinajstić information content (AvgIpc) is 3.84. The van der Waals surface area contributed by atoms with E-state index >= 15 is 0 Å². The van der Waals surface area contributed by atoms with Gasteiger partial charge in [0, 0.05) is 12.3 Å². The lowest BCUT2D eigenvalue weighted by Crippen LogP contribution is -2.67. The summed E-state index contributed by atoms with van der Waals surface area (Å²) in [5.74, 6) is 0.142. The Bertz CT molecular complexity index is 1870. The molecule has 5 saturated heterocycles. The molecular weight excluding hydrogens is 997 g/mol. The molecule has 5 heterocycles. The molecule has 0 spiro atoms. The highest BCUT2D eigenvalue weighted by Gasteiger charge is 2.68. The number of hydrogen-bond acceptors (Lipinski definition) is 24. The lowest BCUT2D eigenvalue weighted by molar-refractivity contribution is -0.390. The summed E-state index contributed by atoms with van der Waals surface area (Å²) in [5, 5.41) is 159. The summed E-state index contributed by atoms with van der Waals surface area (Å²) in [6.45, 7) is 6.11. The molecule has 9 aliphatic rings. The van der Waals surface area contributed by atoms with Crippen LogP contribution in [0.3, 0.4) is 0 Å². The molecule has 0 radical (unpaired) electrons. The van der Waals surface area contributed by atoms with Gasteiger partial charge >= 0.3 is 0 Å². The summed E-state index contributed by atoms with van der Waals surface area (Å²) < 4.78 is 54.1. The highest BCUT2D eigenvalue weighted by Crippen LogP contribution is 2.71. The first-order valence-electron chi connectivity index (χ1n) is 27.4. The molecule has 434 valence electrons. The van der Waals surface area contributed by atoms with Crippen molar-refractivity contribution in [3.63, 3.8) is 0 Å². The molecule has 24 nitrogen and oxygen atoms in total. The van der Waals surface area contributed by atoms with Crippen LogP contribution >= 0.6 is 0 Å². The number of ether oxygens (including phenoxy) is 9. The standard InChI is InChI=1S/C51H86O24/c1-20(19-67-45-39(62)36(59)33(56)28(15-52)69-45)7-12-51(66)21(2)32-27(75-51)14-26-24-6-5-22-13-23(8-10-49(22,3)25(24)9-11-50(26,32)4)68-48-42(65)44(74-47-41(64)38(61)35(58)30(17-54)71-47)43(31(18-55)72-48)73-46-40(63)37(60)34(57)29(16-53)70-46/h20-48,52-66H,5-19H2,1-4H3. The summed E-state index contributed by atoms with van der Waals surface area (Å²) in [7, 11) is 0. The van der Waals surface area contributed by atoms with E-state index in [9.17, 15) is 76.6 Å². The highest BCUT2D eigenvalue weighted by atomic mass is 16.8. The minimum absolute atomic E-state index is 0.0262. The highest BCUT2D eigenvalue weighted by molar-refractivity contribution is 5.15. The summed E-state index contributed by atoms with van der Waals surface area (Å²) in [4.78, 5) is 0. The van der Waals surface area contributed by atoms with E-state index < -0.39 is 161 Å². The summed E-state index contributed by atoms with van der Waals surface area (Å²) in [6.07, 6.45) is -24.6. The van der Waals surface area contributed by atoms with Gasteiger partial charge in [-0.25, -0.2) is 0 Å². The second-order valence-electron chi connectivity index (χ2n) is 24.3. The van der Waals surface area contributed by atoms with Gasteiger partial charge in [0.05, 0.1) is 45.2 Å². The number of aliphatic hydroxyl groups is 15. The second kappa shape index (κ2) is 23.1. The van der Waals surface area contributed by atoms with Crippen LogP contribution in [0.15, 0.2) is 0 Å². The van der Waals surface area contributed by atoms with Gasteiger partial charge in [0.2, 0.25) is 0 Å². The average molecular weight is 1080 g/mol. The first-order chi connectivity index (χ1) is 35.5. The third kappa shape index (κ3) is 10.7. The lowest BCUT2D eigenvalue weighted by Gasteiger charge is -2.61. The van der Waals surface area contributed by atoms with Crippen molar-refractivity contribution in [1.29, 1.82) is 0 Å². The van der Waals surface area contributed by atoms with E-state index in [1.165, 1.54) is 0 Å². The zero-order valence-corrected chi connectivity index (χ0v) is 43.2. The zero-order chi connectivity index (χ0) is 54.2. The fraction of sp³-hybridized carbons (Fsp3) is 1.00. The zero-order valence-electron chi connectivity index (χ0n) is 43.2. The third-order valence-corrected chi connectivity index (χ3v) is 20.1. The largest absolute Gasteiger partial charge is 0.394 e. The molecule has 0 aromatic rings. The molecule has 0 aromatic carbocycles. The monoisotopic (exact) mass is 1080 g/mol. The Labute approximate surface area is 436 Å². The molecule has 9 rings (SSSR count). The van der Waals surface area contributed by atoms with E-state index in [1.54, 1.807) is 0 Å². The van der Waals surface area contributed by atoms with Crippen molar-refractivity contribution in [1.82, 2.24) is 0 Å². The van der Waals surface area contributed by atoms with E-state index in [2.05, 4.69) is 20.8 Å². The number of fused-ring (bicyclic) bond motifs is 7. The normalized spacial score (nSPS) is 55.4. The van der Waals surface area contributed by atoms with Crippen LogP contribution in [0.2, 0.25) is 0 Å². The Hall–Kier alpha value is -0.960. The molecule has 75 heavy (non-hydrogen) atoms. The molecular formula is C51H86O24. The topological polar surface area (TPSA) is 387 Å². The smallest absolute Gasteiger partial charge is 0.187 e. The maximum Gasteiger partial charge on any atom is 0.187 e. The third-order valence-electron chi connectivity index (χ3n) is 20.1. The van der Waals surface area contributed by atoms with Crippen molar-refractivity contribution in [3.8, 4) is 0 Å². The molecule has 24 heteroatoms. The number of aliphatic hydroxyl groups excluding tert-OH is 14. The molecule has 32 unspecified atom stereocenters. The predicted molar refractivity (Wildman–Crippen MR) is 252 cm³/mol. The van der Waals surface area contributed by atoms with Gasteiger partial charge in [0.1, 0.15) is 97.7 Å². The fourth-order valence-corrected chi connectivity index (χ4v) is 15.7. The maximum absolute atomic E-state index is 12.1. The maximum atomic E-state index is 12.1. The Morgan fingerprint density at radius 3 is 1.61 bits per heavy atom. The molecule has 0 amide bonds. The van der Waals surface area contributed by atoms with Crippen LogP contribution in [-0.4, -0.2) is 250 Å². The first kappa shape index (κ1) is 58.7. The van der Waals surface area contributed by atoms with Crippen LogP contribution < -0.4 is 0 Å². The number of hydrogen-bond donors (Lipinski definition) is 15. The van der Waals surface area contributed by atoms with Crippen molar-refractivity contribution in [3.05, 3.63) is 0 Å². The van der Waals surface area contributed by atoms with Gasteiger partial charge in [0.15, 0.2) is 30.9 Å². The van der Waals surface area contributed by atoms with Crippen LogP contribution in [0.1, 0.15) is 91.9 Å². The van der Waals surface area contributed by atoms with Gasteiger partial charge in [-0.3, -0.25) is 0 Å². The molecule has 15 N–H and O–H groups in total. The van der Waals surface area contributed by atoms with Gasteiger partial charge < -0.3 is 119 Å². The van der Waals surface area contributed by atoms with E-state index in [1.807, 2.05) is 6.92 Å². The molecule has 0 aromatic heterocycles. The van der Waals surface area contributed by atoms with Gasteiger partial charge in [-0.15, -0.1) is 0 Å². The van der Waals surface area contributed by atoms with E-state index in [4.69, 9.17) is 42.6 Å². The van der Waals surface area contributed by atoms with Crippen LogP contribution in [0, 0.1) is 52.3 Å². The summed E-state index contributed by atoms with van der Waals surface area (Å²) >= 11 is 0. The second-order valence-corrected chi connectivity index (χ2v) is 24.3. The molecule has 9 fully saturated rings. The first-order valence-corrected chi connectivity index (χ1v) is 27.4. The molecule has 32 atom stereocenters. The summed E-state index contributed by atoms with van der Waals surface area (Å²) in [5.41, 5.74) is -0.0744. The Kier molecular flexibility index (Phi) is 18.1. The van der Waals surface area contributed by atoms with Gasteiger partial charge in [0.25, 0.3) is 0 Å². The summed E-state index contributed by atoms with van der Waals surface area (Å²) in [6, 6.07) is 0. The lowest BCUT2D eigenvalue weighted by atomic mass is 9.44. The van der Waals surface area contributed by atoms with Gasteiger partial charge in [-0.05, 0) is 104 Å². The van der Waals surface area contributed by atoms with E-state index in [-0.39, 0.29) is 47.2 Å². The molecule has 5 aliphatic heterocycles. The van der Waals surface area contributed by atoms with Crippen LogP contribution in [0.4, 0.5) is 0 Å². The molecule has 0 bridgehead atoms. The van der Waals surface area contributed by atoms with Crippen LogP contribution in [-0.2, 0) is 42.6 Å². The SMILES string of the molecule is CC(CCC1(O)OC2CC3C4CCC5CC(OC6OC(CO)C(OC7OC(CO)C(O)C(O)C7O)C(OC7OC(CO)C(O)C(O)C7O)C6O)CCC5(C)C4CCC3(C)C2C1C)COC1OC(CO)C(O)C(O)C1O. The Balaban J connectivity index is 0.829. The predicted octanol–water partition coefficient (Wildman–Crippen LogP) is -3.95. The van der Waals surface area contributed by atoms with Gasteiger partial charge in [-0.1, -0.05) is 27.7 Å². The van der Waals surface area contributed by atoms with Crippen LogP contribution in [0.25, 0.3) is 0 Å². The van der Waals surface area contributed by atoms with E-state index in [0.29, 0.717) is 43.4 Å². The molecule has 4 saturated carbocycles. The van der Waals surface area contributed by atoms with E-state index in [0.717, 1.165) is 38.5 Å². The van der Waals surface area contributed by atoms with Crippen molar-refractivity contribution < 1.29 is 119 Å². The molecule has 4 aliphatic carbocycles. The van der Waals surface area contributed by atoms with Crippen molar-refractivity contribution in [2.45, 2.75) is 233 Å². The Morgan fingerprint density at radius 1 is 0.533 bits per heavy atom. The minimum Gasteiger partial charge on any atom is -0.394 e. The Morgan fingerprint density at radius 2 is 1.04 bits per heavy atom. The number of rotatable bonds is 16. The quantitative estimate of drug-likeness (QED) is 0.0656.